The lowest BCUT2D eigenvalue weighted by Gasteiger charge is -2.07. The lowest BCUT2D eigenvalue weighted by atomic mass is 10.2. The van der Waals surface area contributed by atoms with E-state index in [-0.39, 0.29) is 23.6 Å². The van der Waals surface area contributed by atoms with Crippen molar-refractivity contribution in [3.8, 4) is 11.8 Å². The molecule has 0 aliphatic rings. The van der Waals surface area contributed by atoms with E-state index < -0.39 is 4.92 Å². The average Bonchev–Trinajstić information content (AvgIpc) is 2.82. The van der Waals surface area contributed by atoms with Crippen molar-refractivity contribution in [3.63, 3.8) is 0 Å². The standard InChI is InChI=1S/C11H5ClIN3O3S/c12-11-15-4-7(20-11)5-19-10-8(13)1-6(3-14)2-9(10)16(17)18/h1-2,4H,5H2. The minimum atomic E-state index is -0.571. The Bertz CT molecular complexity index is 713. The molecule has 0 aliphatic heterocycles. The van der Waals surface area contributed by atoms with Gasteiger partial charge in [-0.25, -0.2) is 4.98 Å². The Morgan fingerprint density at radius 2 is 2.35 bits per heavy atom. The molecule has 0 atom stereocenters. The molecule has 1 aromatic carbocycles. The summed E-state index contributed by atoms with van der Waals surface area (Å²) >= 11 is 8.84. The molecule has 1 heterocycles. The van der Waals surface area contributed by atoms with Gasteiger partial charge in [0, 0.05) is 12.3 Å². The highest BCUT2D eigenvalue weighted by Crippen LogP contribution is 2.34. The van der Waals surface area contributed by atoms with Gasteiger partial charge in [-0.15, -0.1) is 11.3 Å². The Hall–Kier alpha value is -1.44. The number of benzene rings is 1. The predicted molar refractivity (Wildman–Crippen MR) is 82.0 cm³/mol. The van der Waals surface area contributed by atoms with Crippen LogP contribution in [-0.4, -0.2) is 9.91 Å². The Morgan fingerprint density at radius 3 is 2.90 bits per heavy atom. The first kappa shape index (κ1) is 15.0. The Balaban J connectivity index is 2.31. The van der Waals surface area contributed by atoms with Crippen LogP contribution in [0.3, 0.4) is 0 Å². The average molecular weight is 422 g/mol. The van der Waals surface area contributed by atoms with E-state index in [0.29, 0.717) is 8.04 Å². The molecule has 2 aromatic rings. The molecule has 0 unspecified atom stereocenters. The zero-order chi connectivity index (χ0) is 14.7. The number of aromatic nitrogens is 1. The number of nitriles is 1. The highest BCUT2D eigenvalue weighted by Gasteiger charge is 2.20. The number of thiazole rings is 1. The van der Waals surface area contributed by atoms with Gasteiger partial charge in [0.15, 0.2) is 4.47 Å². The summed E-state index contributed by atoms with van der Waals surface area (Å²) in [6.45, 7) is 0.132. The summed E-state index contributed by atoms with van der Waals surface area (Å²) in [6.07, 6.45) is 1.55. The fourth-order valence-corrected chi connectivity index (χ4v) is 3.07. The van der Waals surface area contributed by atoms with E-state index in [1.807, 2.05) is 28.7 Å². The molecule has 6 nitrogen and oxygen atoms in total. The zero-order valence-electron chi connectivity index (χ0n) is 9.67. The molecule has 2 rings (SSSR count). The monoisotopic (exact) mass is 421 g/mol. The number of nitro benzene ring substituents is 1. The normalized spacial score (nSPS) is 10.1. The van der Waals surface area contributed by atoms with Crippen molar-refractivity contribution < 1.29 is 9.66 Å². The minimum Gasteiger partial charge on any atom is -0.480 e. The van der Waals surface area contributed by atoms with Crippen LogP contribution in [0.5, 0.6) is 5.75 Å². The van der Waals surface area contributed by atoms with Crippen LogP contribution in [0.15, 0.2) is 18.3 Å². The van der Waals surface area contributed by atoms with Crippen LogP contribution >= 0.6 is 45.5 Å². The topological polar surface area (TPSA) is 89.0 Å². The van der Waals surface area contributed by atoms with Crippen LogP contribution < -0.4 is 4.74 Å². The van der Waals surface area contributed by atoms with Gasteiger partial charge in [0.1, 0.15) is 6.61 Å². The number of hydrogen-bond donors (Lipinski definition) is 0. The van der Waals surface area contributed by atoms with Crippen LogP contribution in [0, 0.1) is 25.0 Å². The van der Waals surface area contributed by atoms with Gasteiger partial charge < -0.3 is 4.74 Å². The molecule has 1 aromatic heterocycles. The molecule has 0 saturated heterocycles. The van der Waals surface area contributed by atoms with Crippen molar-refractivity contribution >= 4 is 51.2 Å². The van der Waals surface area contributed by atoms with Crippen molar-refractivity contribution in [1.29, 1.82) is 5.26 Å². The van der Waals surface area contributed by atoms with Gasteiger partial charge in [0.05, 0.1) is 25.0 Å². The van der Waals surface area contributed by atoms with E-state index in [9.17, 15) is 10.1 Å². The summed E-state index contributed by atoms with van der Waals surface area (Å²) in [4.78, 5) is 15.1. The molecule has 0 fully saturated rings. The minimum absolute atomic E-state index is 0.132. The van der Waals surface area contributed by atoms with E-state index >= 15 is 0 Å². The van der Waals surface area contributed by atoms with Gasteiger partial charge in [-0.2, -0.15) is 5.26 Å². The summed E-state index contributed by atoms with van der Waals surface area (Å²) in [6, 6.07) is 4.60. The summed E-state index contributed by atoms with van der Waals surface area (Å²) in [5, 5.41) is 19.9. The number of halogens is 2. The fourth-order valence-electron chi connectivity index (χ4n) is 1.42. The van der Waals surface area contributed by atoms with Crippen molar-refractivity contribution in [3.05, 3.63) is 46.9 Å². The first-order valence-corrected chi connectivity index (χ1v) is 7.39. The maximum atomic E-state index is 11.0. The number of rotatable bonds is 4. The number of hydrogen-bond acceptors (Lipinski definition) is 6. The van der Waals surface area contributed by atoms with E-state index in [2.05, 4.69) is 4.98 Å². The van der Waals surface area contributed by atoms with Crippen molar-refractivity contribution in [1.82, 2.24) is 4.98 Å². The molecule has 0 N–H and O–H groups in total. The van der Waals surface area contributed by atoms with Gasteiger partial charge in [0.25, 0.3) is 0 Å². The van der Waals surface area contributed by atoms with Gasteiger partial charge in [-0.1, -0.05) is 11.6 Å². The third-order valence-electron chi connectivity index (χ3n) is 2.23. The maximum Gasteiger partial charge on any atom is 0.313 e. The largest absolute Gasteiger partial charge is 0.480 e. The summed E-state index contributed by atoms with van der Waals surface area (Å²) in [5.74, 6) is 0.138. The van der Waals surface area contributed by atoms with Gasteiger partial charge in [0.2, 0.25) is 5.75 Å². The maximum absolute atomic E-state index is 11.0. The number of ether oxygens (including phenoxy) is 1. The molecule has 0 aliphatic carbocycles. The van der Waals surface area contributed by atoms with Crippen LogP contribution in [-0.2, 0) is 6.61 Å². The SMILES string of the molecule is N#Cc1cc(I)c(OCc2cnc(Cl)s2)c([N+](=O)[O-])c1. The summed E-state index contributed by atoms with van der Waals surface area (Å²) in [7, 11) is 0. The van der Waals surface area contributed by atoms with Crippen LogP contribution in [0.4, 0.5) is 5.69 Å². The van der Waals surface area contributed by atoms with Crippen LogP contribution in [0.25, 0.3) is 0 Å². The summed E-state index contributed by atoms with van der Waals surface area (Å²) in [5.41, 5.74) is -0.0154. The lowest BCUT2D eigenvalue weighted by molar-refractivity contribution is -0.386. The Morgan fingerprint density at radius 1 is 1.60 bits per heavy atom. The Labute approximate surface area is 136 Å². The number of nitrogens with zero attached hydrogens (tertiary/aromatic N) is 3. The van der Waals surface area contributed by atoms with E-state index in [1.54, 1.807) is 6.20 Å². The van der Waals surface area contributed by atoms with Crippen LogP contribution in [0.2, 0.25) is 4.47 Å². The fraction of sp³-hybridized carbons (Fsp3) is 0.0909. The first-order valence-electron chi connectivity index (χ1n) is 5.12. The highest BCUT2D eigenvalue weighted by molar-refractivity contribution is 14.1. The number of nitro groups is 1. The van der Waals surface area contributed by atoms with Crippen LogP contribution in [0.1, 0.15) is 10.4 Å². The van der Waals surface area contributed by atoms with Crippen molar-refractivity contribution in [2.45, 2.75) is 6.61 Å². The molecule has 20 heavy (non-hydrogen) atoms. The molecule has 9 heteroatoms. The molecular formula is C11H5ClIN3O3S. The zero-order valence-corrected chi connectivity index (χ0v) is 13.4. The summed E-state index contributed by atoms with van der Waals surface area (Å²) < 4.78 is 6.37. The Kier molecular flexibility index (Phi) is 4.74. The molecule has 102 valence electrons. The highest BCUT2D eigenvalue weighted by atomic mass is 127. The predicted octanol–water partition coefficient (Wildman–Crippen LogP) is 3.76. The van der Waals surface area contributed by atoms with Crippen molar-refractivity contribution in [2.24, 2.45) is 0 Å². The smallest absolute Gasteiger partial charge is 0.313 e. The first-order chi connectivity index (χ1) is 9.51. The van der Waals surface area contributed by atoms with E-state index in [4.69, 9.17) is 21.6 Å². The molecule has 0 spiro atoms. The molecule has 0 amide bonds. The second kappa shape index (κ2) is 6.34. The quantitative estimate of drug-likeness (QED) is 0.426. The second-order valence-corrected chi connectivity index (χ2v) is 6.40. The van der Waals surface area contributed by atoms with Gasteiger partial charge in [-0.05, 0) is 28.7 Å². The van der Waals surface area contributed by atoms with Crippen molar-refractivity contribution in [2.75, 3.05) is 0 Å². The molecule has 0 saturated carbocycles. The molecule has 0 radical (unpaired) electrons. The molecular weight excluding hydrogens is 417 g/mol. The third kappa shape index (κ3) is 3.36. The second-order valence-electron chi connectivity index (χ2n) is 3.54. The lowest BCUT2D eigenvalue weighted by Crippen LogP contribution is -2.00. The van der Waals surface area contributed by atoms with E-state index in [1.165, 1.54) is 23.5 Å². The van der Waals surface area contributed by atoms with E-state index in [0.717, 1.165) is 4.88 Å². The molecule has 0 bridgehead atoms. The van der Waals surface area contributed by atoms with Gasteiger partial charge >= 0.3 is 5.69 Å². The van der Waals surface area contributed by atoms with Gasteiger partial charge in [-0.3, -0.25) is 10.1 Å². The third-order valence-corrected chi connectivity index (χ3v) is 4.12.